The lowest BCUT2D eigenvalue weighted by Crippen LogP contribution is -2.27. The summed E-state index contributed by atoms with van der Waals surface area (Å²) in [6, 6.07) is 0. The van der Waals surface area contributed by atoms with Crippen molar-refractivity contribution in [2.45, 2.75) is 12.8 Å². The van der Waals surface area contributed by atoms with Crippen LogP contribution >= 0.6 is 11.8 Å². The molecule has 1 fully saturated rings. The number of nitrogens with zero attached hydrogens (tertiary/aromatic N) is 1. The summed E-state index contributed by atoms with van der Waals surface area (Å²) < 4.78 is 4.63. The molecular weight excluding hydrogens is 214 g/mol. The minimum atomic E-state index is -0.268. The zero-order chi connectivity index (χ0) is 11.3. The summed E-state index contributed by atoms with van der Waals surface area (Å²) >= 11 is 1.77. The van der Waals surface area contributed by atoms with Gasteiger partial charge >= 0.3 is 5.97 Å². The molecule has 1 amide bonds. The Bertz CT molecular complexity index is 245. The van der Waals surface area contributed by atoms with E-state index in [1.165, 1.54) is 7.11 Å². The molecule has 0 N–H and O–H groups in total. The fourth-order valence-corrected chi connectivity index (χ4v) is 2.13. The van der Waals surface area contributed by atoms with E-state index in [-0.39, 0.29) is 17.8 Å². The first-order chi connectivity index (χ1) is 7.19. The molecule has 1 saturated heterocycles. The second-order valence-electron chi connectivity index (χ2n) is 3.61. The monoisotopic (exact) mass is 231 g/mol. The van der Waals surface area contributed by atoms with E-state index < -0.39 is 0 Å². The van der Waals surface area contributed by atoms with Crippen molar-refractivity contribution in [1.82, 2.24) is 4.90 Å². The van der Waals surface area contributed by atoms with Gasteiger partial charge in [-0.25, -0.2) is 0 Å². The smallest absolute Gasteiger partial charge is 0.310 e. The van der Waals surface area contributed by atoms with Crippen molar-refractivity contribution in [2.75, 3.05) is 32.2 Å². The molecule has 4 nitrogen and oxygen atoms in total. The minimum Gasteiger partial charge on any atom is -0.469 e. The Morgan fingerprint density at radius 2 is 2.40 bits per heavy atom. The highest BCUT2D eigenvalue weighted by Gasteiger charge is 2.34. The number of methoxy groups -OCH3 is 1. The Morgan fingerprint density at radius 1 is 1.67 bits per heavy atom. The van der Waals surface area contributed by atoms with Crippen LogP contribution in [-0.2, 0) is 14.3 Å². The number of hydrogen-bond donors (Lipinski definition) is 0. The molecule has 1 rings (SSSR count). The van der Waals surface area contributed by atoms with E-state index in [1.54, 1.807) is 16.7 Å². The molecule has 1 heterocycles. The van der Waals surface area contributed by atoms with Gasteiger partial charge in [0.1, 0.15) is 0 Å². The molecule has 0 aromatic heterocycles. The number of ether oxygens (including phenoxy) is 1. The Labute approximate surface area is 94.3 Å². The molecule has 0 saturated carbocycles. The molecule has 0 aromatic rings. The Hall–Kier alpha value is -0.710. The predicted octanol–water partition coefficient (Wildman–Crippen LogP) is 0.761. The van der Waals surface area contributed by atoms with Gasteiger partial charge in [-0.1, -0.05) is 0 Å². The maximum atomic E-state index is 11.5. The lowest BCUT2D eigenvalue weighted by atomic mass is 10.1. The van der Waals surface area contributed by atoms with Crippen LogP contribution in [-0.4, -0.2) is 49.0 Å². The van der Waals surface area contributed by atoms with Crippen LogP contribution < -0.4 is 0 Å². The molecule has 5 heteroatoms. The Morgan fingerprint density at radius 3 is 3.00 bits per heavy atom. The predicted molar refractivity (Wildman–Crippen MR) is 59.7 cm³/mol. The van der Waals surface area contributed by atoms with Crippen LogP contribution in [0.1, 0.15) is 12.8 Å². The second kappa shape index (κ2) is 6.00. The van der Waals surface area contributed by atoms with E-state index in [0.29, 0.717) is 13.0 Å². The van der Waals surface area contributed by atoms with E-state index in [1.807, 2.05) is 6.26 Å². The van der Waals surface area contributed by atoms with Gasteiger partial charge in [0.2, 0.25) is 5.91 Å². The average molecular weight is 231 g/mol. The molecule has 0 bridgehead atoms. The van der Waals surface area contributed by atoms with Crippen molar-refractivity contribution < 1.29 is 14.3 Å². The number of esters is 1. The number of carbonyl (C=O) groups is 2. The third-order valence-corrected chi connectivity index (χ3v) is 3.22. The molecule has 1 atom stereocenters. The first kappa shape index (κ1) is 12.4. The molecule has 1 aliphatic heterocycles. The third kappa shape index (κ3) is 3.41. The topological polar surface area (TPSA) is 46.6 Å². The van der Waals surface area contributed by atoms with Crippen molar-refractivity contribution in [3.05, 3.63) is 0 Å². The highest BCUT2D eigenvalue weighted by atomic mass is 32.2. The Balaban J connectivity index is 2.35. The van der Waals surface area contributed by atoms with Gasteiger partial charge in [-0.05, 0) is 18.4 Å². The van der Waals surface area contributed by atoms with E-state index >= 15 is 0 Å². The van der Waals surface area contributed by atoms with Crippen LogP contribution in [0.25, 0.3) is 0 Å². The first-order valence-electron chi connectivity index (χ1n) is 5.03. The molecule has 1 aliphatic rings. The second-order valence-corrected chi connectivity index (χ2v) is 4.60. The summed E-state index contributed by atoms with van der Waals surface area (Å²) in [6.07, 6.45) is 3.34. The molecule has 0 aliphatic carbocycles. The maximum Gasteiger partial charge on any atom is 0.310 e. The standard InChI is InChI=1S/C10H17NO3S/c1-14-10(13)8-6-9(12)11(7-8)4-3-5-15-2/h8H,3-7H2,1-2H3. The van der Waals surface area contributed by atoms with Gasteiger partial charge in [-0.2, -0.15) is 11.8 Å². The zero-order valence-electron chi connectivity index (χ0n) is 9.19. The summed E-state index contributed by atoms with van der Waals surface area (Å²) in [5, 5.41) is 0. The SMILES string of the molecule is COC(=O)C1CC(=O)N(CCCSC)C1. The van der Waals surface area contributed by atoms with Crippen molar-refractivity contribution in [1.29, 1.82) is 0 Å². The van der Waals surface area contributed by atoms with Gasteiger partial charge in [0.05, 0.1) is 13.0 Å². The number of amides is 1. The van der Waals surface area contributed by atoms with E-state index in [0.717, 1.165) is 18.7 Å². The van der Waals surface area contributed by atoms with Crippen molar-refractivity contribution in [3.8, 4) is 0 Å². The maximum absolute atomic E-state index is 11.5. The van der Waals surface area contributed by atoms with Crippen LogP contribution in [0.4, 0.5) is 0 Å². The third-order valence-electron chi connectivity index (χ3n) is 2.53. The quantitative estimate of drug-likeness (QED) is 0.518. The van der Waals surface area contributed by atoms with Gasteiger partial charge in [-0.3, -0.25) is 9.59 Å². The van der Waals surface area contributed by atoms with Crippen LogP contribution in [0, 0.1) is 5.92 Å². The number of likely N-dealkylation sites (tertiary alicyclic amines) is 1. The number of thioether (sulfide) groups is 1. The zero-order valence-corrected chi connectivity index (χ0v) is 10.0. The molecule has 15 heavy (non-hydrogen) atoms. The number of rotatable bonds is 5. The van der Waals surface area contributed by atoms with Crippen LogP contribution in [0.2, 0.25) is 0 Å². The molecule has 1 unspecified atom stereocenters. The molecule has 0 spiro atoms. The molecule has 0 radical (unpaired) electrons. The van der Waals surface area contributed by atoms with Crippen molar-refractivity contribution in [3.63, 3.8) is 0 Å². The normalized spacial score (nSPS) is 20.8. The molecule has 86 valence electrons. The van der Waals surface area contributed by atoms with Gasteiger partial charge in [-0.15, -0.1) is 0 Å². The fourth-order valence-electron chi connectivity index (χ4n) is 1.71. The van der Waals surface area contributed by atoms with Gasteiger partial charge in [0.15, 0.2) is 0 Å². The fraction of sp³-hybridized carbons (Fsp3) is 0.800. The lowest BCUT2D eigenvalue weighted by Gasteiger charge is -2.15. The largest absolute Gasteiger partial charge is 0.469 e. The van der Waals surface area contributed by atoms with Crippen molar-refractivity contribution >= 4 is 23.6 Å². The number of carbonyl (C=O) groups excluding carboxylic acids is 2. The van der Waals surface area contributed by atoms with Gasteiger partial charge in [0, 0.05) is 19.5 Å². The van der Waals surface area contributed by atoms with Gasteiger partial charge in [0.25, 0.3) is 0 Å². The van der Waals surface area contributed by atoms with Crippen LogP contribution in [0.3, 0.4) is 0 Å². The summed E-state index contributed by atoms with van der Waals surface area (Å²) in [6.45, 7) is 1.28. The molecule has 0 aromatic carbocycles. The summed E-state index contributed by atoms with van der Waals surface area (Å²) in [5.41, 5.74) is 0. The van der Waals surface area contributed by atoms with E-state index in [4.69, 9.17) is 0 Å². The van der Waals surface area contributed by atoms with Crippen LogP contribution in [0.15, 0.2) is 0 Å². The highest BCUT2D eigenvalue weighted by molar-refractivity contribution is 7.98. The van der Waals surface area contributed by atoms with E-state index in [2.05, 4.69) is 4.74 Å². The van der Waals surface area contributed by atoms with Crippen LogP contribution in [0.5, 0.6) is 0 Å². The molecular formula is C10H17NO3S. The average Bonchev–Trinajstić information content (AvgIpc) is 2.60. The van der Waals surface area contributed by atoms with Crippen molar-refractivity contribution in [2.24, 2.45) is 5.92 Å². The highest BCUT2D eigenvalue weighted by Crippen LogP contribution is 2.19. The van der Waals surface area contributed by atoms with E-state index in [9.17, 15) is 9.59 Å². The summed E-state index contributed by atoms with van der Waals surface area (Å²) in [7, 11) is 1.36. The summed E-state index contributed by atoms with van der Waals surface area (Å²) in [4.78, 5) is 24.5. The Kier molecular flexibility index (Phi) is 4.94. The number of hydrogen-bond acceptors (Lipinski definition) is 4. The van der Waals surface area contributed by atoms with Gasteiger partial charge < -0.3 is 9.64 Å². The first-order valence-corrected chi connectivity index (χ1v) is 6.43. The summed E-state index contributed by atoms with van der Waals surface area (Å²) in [5.74, 6) is 0.603. The minimum absolute atomic E-state index is 0.0755. The lowest BCUT2D eigenvalue weighted by molar-refractivity contribution is -0.145.